The van der Waals surface area contributed by atoms with Crippen molar-refractivity contribution < 1.29 is 41.9 Å². The predicted octanol–water partition coefficient (Wildman–Crippen LogP) is 5.23. The van der Waals surface area contributed by atoms with Crippen LogP contribution in [-0.4, -0.2) is 47.2 Å². The van der Waals surface area contributed by atoms with Gasteiger partial charge in [0.15, 0.2) is 0 Å². The minimum Gasteiger partial charge on any atom is -0.463 e. The molecule has 178 valence electrons. The first-order valence-electron chi connectivity index (χ1n) is 10.0. The third-order valence-electron chi connectivity index (χ3n) is 3.29. The van der Waals surface area contributed by atoms with Gasteiger partial charge in [0.2, 0.25) is 0 Å². The average molecular weight is 472 g/mol. The van der Waals surface area contributed by atoms with Crippen molar-refractivity contribution in [3.05, 3.63) is 12.2 Å². The number of hydrogen-bond acceptors (Lipinski definition) is 9. The van der Waals surface area contributed by atoms with E-state index in [0.717, 1.165) is 0 Å². The zero-order valence-corrected chi connectivity index (χ0v) is 21.3. The molecule has 0 radical (unpaired) electrons. The summed E-state index contributed by atoms with van der Waals surface area (Å²) in [7, 11) is -9.25. The lowest BCUT2D eigenvalue weighted by atomic mass is 10.2. The van der Waals surface area contributed by atoms with E-state index in [-0.39, 0.29) is 12.2 Å². The number of aliphatic hydroxyl groups is 1. The van der Waals surface area contributed by atoms with Crippen molar-refractivity contribution in [1.82, 2.24) is 0 Å². The highest BCUT2D eigenvalue weighted by atomic mass is 31.2. The van der Waals surface area contributed by atoms with Crippen LogP contribution in [0, 0.1) is 0 Å². The van der Waals surface area contributed by atoms with Crippen LogP contribution in [0.1, 0.15) is 68.7 Å². The highest BCUT2D eigenvalue weighted by Crippen LogP contribution is 2.79. The molecule has 0 saturated carbocycles. The van der Waals surface area contributed by atoms with Gasteiger partial charge in [0.25, 0.3) is 5.08 Å². The molecule has 0 amide bonds. The Morgan fingerprint density at radius 1 is 0.833 bits per heavy atom. The van der Waals surface area contributed by atoms with Crippen molar-refractivity contribution in [2.75, 3.05) is 6.61 Å². The van der Waals surface area contributed by atoms with Gasteiger partial charge in [-0.1, -0.05) is 6.58 Å². The number of carbonyl (C=O) groups is 1. The molecule has 0 aliphatic carbocycles. The predicted molar refractivity (Wildman–Crippen MR) is 115 cm³/mol. The number of carbonyl (C=O) groups excluding carboxylic acids is 1. The van der Waals surface area contributed by atoms with Gasteiger partial charge in [-0.2, -0.15) is 0 Å². The third kappa shape index (κ3) is 7.86. The van der Waals surface area contributed by atoms with Gasteiger partial charge in [-0.05, 0) is 62.3 Å². The quantitative estimate of drug-likeness (QED) is 0.206. The summed E-state index contributed by atoms with van der Waals surface area (Å²) in [5.74, 6) is -0.850. The number of rotatable bonds is 14. The maximum atomic E-state index is 14.0. The lowest BCUT2D eigenvalue weighted by Gasteiger charge is -2.41. The van der Waals surface area contributed by atoms with E-state index in [1.165, 1.54) is 0 Å². The first-order valence-corrected chi connectivity index (χ1v) is 13.1. The Bertz CT molecular complexity index is 605. The summed E-state index contributed by atoms with van der Waals surface area (Å²) >= 11 is 0. The molecule has 0 aromatic rings. The lowest BCUT2D eigenvalue weighted by Crippen LogP contribution is -2.37. The van der Waals surface area contributed by atoms with Gasteiger partial charge < -0.3 is 27.9 Å². The summed E-state index contributed by atoms with van der Waals surface area (Å²) in [5, 5.41) is 8.90. The van der Waals surface area contributed by atoms with Gasteiger partial charge in [-0.15, -0.1) is 0 Å². The summed E-state index contributed by atoms with van der Waals surface area (Å²) in [6, 6.07) is 0. The fourth-order valence-corrected chi connectivity index (χ4v) is 7.96. The van der Waals surface area contributed by atoms with Crippen LogP contribution in [0.25, 0.3) is 0 Å². The Balaban J connectivity index is 6.79. The second kappa shape index (κ2) is 11.9. The minimum atomic E-state index is -4.63. The number of esters is 1. The summed E-state index contributed by atoms with van der Waals surface area (Å²) < 4.78 is 54.9. The minimum absolute atomic E-state index is 0.0571. The Morgan fingerprint density at radius 2 is 1.13 bits per heavy atom. The van der Waals surface area contributed by atoms with Gasteiger partial charge >= 0.3 is 21.2 Å². The number of hydrogen-bond donors (Lipinski definition) is 1. The largest absolute Gasteiger partial charge is 0.463 e. The van der Waals surface area contributed by atoms with E-state index < -0.39 is 57.1 Å². The molecule has 1 N–H and O–H groups in total. The average Bonchev–Trinajstić information content (AvgIpc) is 2.51. The monoisotopic (exact) mass is 472 g/mol. The molecule has 11 heteroatoms. The zero-order valence-electron chi connectivity index (χ0n) is 19.5. The first-order chi connectivity index (χ1) is 13.5. The third-order valence-corrected chi connectivity index (χ3v) is 9.63. The SMILES string of the molecule is C=C(CC(O)(P(=O)(OC(C)C)OC(C)C)P(=O)(OC(C)C)OC(C)C)C(=O)OCC. The summed E-state index contributed by atoms with van der Waals surface area (Å²) in [4.78, 5) is 12.2. The summed E-state index contributed by atoms with van der Waals surface area (Å²) in [6.07, 6.45) is -3.47. The molecular formula is C19H38O9P2. The maximum absolute atomic E-state index is 14.0. The van der Waals surface area contributed by atoms with E-state index in [1.807, 2.05) is 0 Å². The molecule has 0 saturated heterocycles. The Hall–Kier alpha value is -0.530. The molecule has 0 aromatic carbocycles. The fourth-order valence-electron chi connectivity index (χ4n) is 2.43. The second-order valence-corrected chi connectivity index (χ2v) is 12.6. The first kappa shape index (κ1) is 29.5. The van der Waals surface area contributed by atoms with E-state index >= 15 is 0 Å². The fraction of sp³-hybridized carbons (Fsp3) is 0.842. The van der Waals surface area contributed by atoms with Crippen molar-refractivity contribution in [3.8, 4) is 0 Å². The van der Waals surface area contributed by atoms with Crippen LogP contribution in [0.15, 0.2) is 12.2 Å². The van der Waals surface area contributed by atoms with Gasteiger partial charge in [-0.25, -0.2) is 4.79 Å². The smallest absolute Gasteiger partial charge is 0.375 e. The molecule has 0 aromatic heterocycles. The van der Waals surface area contributed by atoms with Crippen LogP contribution in [0.3, 0.4) is 0 Å². The normalized spacial score (nSPS) is 13.5. The molecule has 0 unspecified atom stereocenters. The highest BCUT2D eigenvalue weighted by molar-refractivity contribution is 7.73. The Labute approximate surface area is 180 Å². The molecular weight excluding hydrogens is 434 g/mol. The van der Waals surface area contributed by atoms with Crippen LogP contribution in [-0.2, 0) is 36.8 Å². The van der Waals surface area contributed by atoms with Gasteiger partial charge in [0.05, 0.1) is 31.0 Å². The molecule has 30 heavy (non-hydrogen) atoms. The second-order valence-electron chi connectivity index (χ2n) is 7.89. The van der Waals surface area contributed by atoms with Crippen molar-refractivity contribution in [2.45, 2.75) is 98.2 Å². The van der Waals surface area contributed by atoms with Crippen molar-refractivity contribution in [3.63, 3.8) is 0 Å². The van der Waals surface area contributed by atoms with E-state index in [2.05, 4.69) is 6.58 Å². The van der Waals surface area contributed by atoms with Crippen LogP contribution in [0.5, 0.6) is 0 Å². The molecule has 0 aliphatic rings. The molecule has 0 aliphatic heterocycles. The topological polar surface area (TPSA) is 118 Å². The van der Waals surface area contributed by atoms with Crippen LogP contribution in [0.2, 0.25) is 0 Å². The molecule has 0 bridgehead atoms. The van der Waals surface area contributed by atoms with Crippen LogP contribution < -0.4 is 0 Å². The van der Waals surface area contributed by atoms with E-state index in [9.17, 15) is 19.0 Å². The van der Waals surface area contributed by atoms with Crippen molar-refractivity contribution >= 4 is 21.2 Å². The van der Waals surface area contributed by atoms with E-state index in [4.69, 9.17) is 22.8 Å². The van der Waals surface area contributed by atoms with Crippen LogP contribution in [0.4, 0.5) is 0 Å². The van der Waals surface area contributed by atoms with Crippen LogP contribution >= 0.6 is 15.2 Å². The molecule has 0 spiro atoms. The van der Waals surface area contributed by atoms with Crippen molar-refractivity contribution in [2.24, 2.45) is 0 Å². The van der Waals surface area contributed by atoms with Gasteiger partial charge in [0, 0.05) is 12.0 Å². The van der Waals surface area contributed by atoms with E-state index in [1.54, 1.807) is 62.3 Å². The zero-order chi connectivity index (χ0) is 23.9. The number of ether oxygens (including phenoxy) is 1. The lowest BCUT2D eigenvalue weighted by molar-refractivity contribution is -0.138. The molecule has 9 nitrogen and oxygen atoms in total. The molecule has 0 heterocycles. The Kier molecular flexibility index (Phi) is 11.7. The van der Waals surface area contributed by atoms with E-state index in [0.29, 0.717) is 0 Å². The maximum Gasteiger partial charge on any atom is 0.375 e. The molecule has 0 fully saturated rings. The highest BCUT2D eigenvalue weighted by Gasteiger charge is 2.66. The van der Waals surface area contributed by atoms with Gasteiger partial charge in [0.1, 0.15) is 0 Å². The standard InChI is InChI=1S/C19H38O9P2/c1-11-24-18(20)17(10)12-19(21,29(22,25-13(2)3)26-14(4)5)30(23,27-15(6)7)28-16(8)9/h13-16,21H,10-12H2,1-9H3. The summed E-state index contributed by atoms with van der Waals surface area (Å²) in [6.45, 7) is 17.9. The molecule has 0 atom stereocenters. The summed E-state index contributed by atoms with van der Waals surface area (Å²) in [5.41, 5.74) is -0.278. The Morgan fingerprint density at radius 3 is 1.37 bits per heavy atom. The van der Waals surface area contributed by atoms with Crippen molar-refractivity contribution in [1.29, 1.82) is 0 Å². The van der Waals surface area contributed by atoms with Gasteiger partial charge in [-0.3, -0.25) is 9.13 Å². The molecule has 0 rings (SSSR count).